The molecule has 2 rings (SSSR count). The lowest BCUT2D eigenvalue weighted by molar-refractivity contribution is 0.418. The van der Waals surface area contributed by atoms with E-state index in [-0.39, 0.29) is 0 Å². The zero-order valence-corrected chi connectivity index (χ0v) is 10.4. The smallest absolute Gasteiger partial charge is 0.166 e. The molecule has 5 nitrogen and oxygen atoms in total. The van der Waals surface area contributed by atoms with Crippen molar-refractivity contribution in [2.75, 3.05) is 13.1 Å². The molecule has 1 aliphatic heterocycles. The number of aliphatic imine (C=N–C) groups is 1. The van der Waals surface area contributed by atoms with Crippen LogP contribution in [0.4, 0.5) is 0 Å². The number of amidine groups is 1. The van der Waals surface area contributed by atoms with Gasteiger partial charge in [-0.15, -0.1) is 0 Å². The van der Waals surface area contributed by atoms with E-state index in [0.29, 0.717) is 11.8 Å². The summed E-state index contributed by atoms with van der Waals surface area (Å²) in [6, 6.07) is 5.64. The highest BCUT2D eigenvalue weighted by molar-refractivity contribution is 5.97. The summed E-state index contributed by atoms with van der Waals surface area (Å²) >= 11 is 0. The van der Waals surface area contributed by atoms with Crippen molar-refractivity contribution in [2.24, 2.45) is 16.8 Å². The average molecular weight is 245 g/mol. The van der Waals surface area contributed by atoms with Crippen LogP contribution in [-0.2, 0) is 0 Å². The molecule has 0 atom stereocenters. The minimum atomic E-state index is 0.429. The number of hydrogen-bond donors (Lipinski definition) is 3. The van der Waals surface area contributed by atoms with Crippen LogP contribution in [0.3, 0.4) is 0 Å². The second kappa shape index (κ2) is 6.28. The molecule has 18 heavy (non-hydrogen) atoms. The Morgan fingerprint density at radius 1 is 1.44 bits per heavy atom. The van der Waals surface area contributed by atoms with Crippen LogP contribution in [-0.4, -0.2) is 23.9 Å². The number of nitrogens with one attached hydrogen (secondary N) is 2. The fraction of sp³-hybridized carbons (Fsp3) is 0.385. The van der Waals surface area contributed by atoms with Gasteiger partial charge in [0.25, 0.3) is 0 Å². The fourth-order valence-corrected chi connectivity index (χ4v) is 2.06. The van der Waals surface area contributed by atoms with Gasteiger partial charge in [0.2, 0.25) is 0 Å². The molecule has 0 amide bonds. The van der Waals surface area contributed by atoms with Gasteiger partial charge in [-0.3, -0.25) is 4.98 Å². The van der Waals surface area contributed by atoms with Crippen molar-refractivity contribution in [3.63, 3.8) is 0 Å². The van der Waals surface area contributed by atoms with Crippen LogP contribution < -0.4 is 16.6 Å². The molecular weight excluding hydrogens is 226 g/mol. The van der Waals surface area contributed by atoms with Gasteiger partial charge in [-0.2, -0.15) is 0 Å². The molecule has 1 aliphatic rings. The Morgan fingerprint density at radius 2 is 2.22 bits per heavy atom. The monoisotopic (exact) mass is 245 g/mol. The summed E-state index contributed by atoms with van der Waals surface area (Å²) in [4.78, 5) is 8.71. The zero-order valence-electron chi connectivity index (χ0n) is 10.4. The van der Waals surface area contributed by atoms with Crippen molar-refractivity contribution in [1.82, 2.24) is 15.7 Å². The normalized spacial score (nSPS) is 17.5. The van der Waals surface area contributed by atoms with E-state index >= 15 is 0 Å². The average Bonchev–Trinajstić information content (AvgIpc) is 2.46. The number of aromatic nitrogens is 1. The molecule has 1 aromatic rings. The Kier molecular flexibility index (Phi) is 4.44. The number of nitrogens with zero attached hydrogens (tertiary/aromatic N) is 2. The van der Waals surface area contributed by atoms with Gasteiger partial charge < -0.3 is 10.7 Å². The lowest BCUT2D eigenvalue weighted by atomic mass is 9.95. The van der Waals surface area contributed by atoms with E-state index in [2.05, 4.69) is 27.3 Å². The molecule has 0 saturated carbocycles. The van der Waals surface area contributed by atoms with Crippen LogP contribution in [0.5, 0.6) is 0 Å². The maximum absolute atomic E-state index is 5.51. The minimum absolute atomic E-state index is 0.429. The van der Waals surface area contributed by atoms with Crippen molar-refractivity contribution in [3.05, 3.63) is 42.4 Å². The molecule has 2 heterocycles. The van der Waals surface area contributed by atoms with Gasteiger partial charge in [-0.25, -0.2) is 10.8 Å². The molecular formula is C13H19N5. The highest BCUT2D eigenvalue weighted by Gasteiger charge is 2.16. The van der Waals surface area contributed by atoms with E-state index in [1.807, 2.05) is 18.2 Å². The van der Waals surface area contributed by atoms with E-state index in [9.17, 15) is 0 Å². The molecule has 0 radical (unpaired) electrons. The Morgan fingerprint density at radius 3 is 2.83 bits per heavy atom. The van der Waals surface area contributed by atoms with Crippen LogP contribution in [0.2, 0.25) is 0 Å². The lowest BCUT2D eigenvalue weighted by Gasteiger charge is -2.22. The molecule has 1 aromatic heterocycles. The van der Waals surface area contributed by atoms with Gasteiger partial charge >= 0.3 is 0 Å². The van der Waals surface area contributed by atoms with Gasteiger partial charge in [-0.1, -0.05) is 12.6 Å². The summed E-state index contributed by atoms with van der Waals surface area (Å²) in [5.41, 5.74) is 4.20. The Hall–Kier alpha value is -1.72. The molecule has 0 aliphatic carbocycles. The van der Waals surface area contributed by atoms with E-state index < -0.39 is 0 Å². The Balaban J connectivity index is 2.11. The summed E-state index contributed by atoms with van der Waals surface area (Å²) in [5.74, 6) is 6.51. The first kappa shape index (κ1) is 12.7. The quantitative estimate of drug-likeness (QED) is 0.319. The topological polar surface area (TPSA) is 75.3 Å². The van der Waals surface area contributed by atoms with Crippen LogP contribution in [0, 0.1) is 5.92 Å². The Labute approximate surface area is 107 Å². The molecule has 1 fully saturated rings. The number of hydrogen-bond acceptors (Lipinski definition) is 4. The summed E-state index contributed by atoms with van der Waals surface area (Å²) in [6.45, 7) is 6.10. The van der Waals surface area contributed by atoms with Gasteiger partial charge in [-0.05, 0) is 38.1 Å². The SMILES string of the molecule is C=C(N=C(NN)c1ccccn1)C1CCNCC1. The molecule has 0 aromatic carbocycles. The zero-order chi connectivity index (χ0) is 12.8. The number of pyridine rings is 1. The second-order valence-corrected chi connectivity index (χ2v) is 4.34. The largest absolute Gasteiger partial charge is 0.317 e. The predicted octanol–water partition coefficient (Wildman–Crippen LogP) is 0.805. The molecule has 4 N–H and O–H groups in total. The molecule has 5 heteroatoms. The van der Waals surface area contributed by atoms with E-state index in [1.54, 1.807) is 6.20 Å². The summed E-state index contributed by atoms with van der Waals surface area (Å²) < 4.78 is 0. The first-order valence-electron chi connectivity index (χ1n) is 6.17. The number of rotatable bonds is 3. The lowest BCUT2D eigenvalue weighted by Crippen LogP contribution is -2.33. The molecule has 0 spiro atoms. The fourth-order valence-electron chi connectivity index (χ4n) is 2.06. The number of piperidine rings is 1. The van der Waals surface area contributed by atoms with E-state index in [1.165, 1.54) is 0 Å². The highest BCUT2D eigenvalue weighted by atomic mass is 15.3. The van der Waals surface area contributed by atoms with Gasteiger partial charge in [0, 0.05) is 17.8 Å². The third-order valence-corrected chi connectivity index (χ3v) is 3.11. The molecule has 1 saturated heterocycles. The Bertz CT molecular complexity index is 420. The molecule has 96 valence electrons. The minimum Gasteiger partial charge on any atom is -0.317 e. The second-order valence-electron chi connectivity index (χ2n) is 4.34. The van der Waals surface area contributed by atoms with E-state index in [0.717, 1.165) is 37.3 Å². The first-order chi connectivity index (χ1) is 8.81. The number of hydrazine groups is 1. The highest BCUT2D eigenvalue weighted by Crippen LogP contribution is 2.21. The van der Waals surface area contributed by atoms with Crippen LogP contribution in [0.1, 0.15) is 18.5 Å². The molecule has 0 bridgehead atoms. The first-order valence-corrected chi connectivity index (χ1v) is 6.17. The van der Waals surface area contributed by atoms with Gasteiger partial charge in [0.15, 0.2) is 5.84 Å². The van der Waals surface area contributed by atoms with Crippen molar-refractivity contribution < 1.29 is 0 Å². The maximum atomic E-state index is 5.51. The predicted molar refractivity (Wildman–Crippen MR) is 72.8 cm³/mol. The maximum Gasteiger partial charge on any atom is 0.166 e. The molecule has 0 unspecified atom stereocenters. The van der Waals surface area contributed by atoms with Crippen molar-refractivity contribution in [3.8, 4) is 0 Å². The third kappa shape index (κ3) is 3.15. The number of nitrogens with two attached hydrogens (primary N) is 1. The van der Waals surface area contributed by atoms with Gasteiger partial charge in [0.1, 0.15) is 5.69 Å². The van der Waals surface area contributed by atoms with Crippen molar-refractivity contribution in [1.29, 1.82) is 0 Å². The number of allylic oxidation sites excluding steroid dienone is 1. The van der Waals surface area contributed by atoms with Crippen molar-refractivity contribution in [2.45, 2.75) is 12.8 Å². The summed E-state index contributed by atoms with van der Waals surface area (Å²) in [7, 11) is 0. The standard InChI is InChI=1S/C13H19N5/c1-10(11-5-8-15-9-6-11)17-13(18-14)12-4-2-3-7-16-12/h2-4,7,11,15H,1,5-6,8-9,14H2,(H,17,18). The van der Waals surface area contributed by atoms with E-state index in [4.69, 9.17) is 5.84 Å². The van der Waals surface area contributed by atoms with Crippen LogP contribution in [0.15, 0.2) is 41.7 Å². The van der Waals surface area contributed by atoms with Gasteiger partial charge in [0.05, 0.1) is 0 Å². The third-order valence-electron chi connectivity index (χ3n) is 3.11. The summed E-state index contributed by atoms with van der Waals surface area (Å²) in [5, 5.41) is 3.33. The van der Waals surface area contributed by atoms with Crippen molar-refractivity contribution >= 4 is 5.84 Å². The van der Waals surface area contributed by atoms with Crippen LogP contribution >= 0.6 is 0 Å². The summed E-state index contributed by atoms with van der Waals surface area (Å²) in [6.07, 6.45) is 3.86. The van der Waals surface area contributed by atoms with Crippen LogP contribution in [0.25, 0.3) is 0 Å².